The number of benzene rings is 3. The first-order valence-electron chi connectivity index (χ1n) is 10.4. The predicted molar refractivity (Wildman–Crippen MR) is 121 cm³/mol. The number of imidazole rings is 1. The maximum atomic E-state index is 6.15. The van der Waals surface area contributed by atoms with E-state index in [1.165, 1.54) is 5.56 Å². The molecule has 4 heteroatoms. The third-order valence-electron chi connectivity index (χ3n) is 5.31. The molecular formula is C26H28N2O2. The third kappa shape index (κ3) is 4.48. The van der Waals surface area contributed by atoms with Gasteiger partial charge in [0.05, 0.1) is 17.6 Å². The number of para-hydroxylation sites is 3. The van der Waals surface area contributed by atoms with Crippen molar-refractivity contribution in [2.24, 2.45) is 0 Å². The van der Waals surface area contributed by atoms with Crippen molar-refractivity contribution in [2.45, 2.75) is 40.3 Å². The lowest BCUT2D eigenvalue weighted by atomic mass is 10.1. The van der Waals surface area contributed by atoms with E-state index in [0.717, 1.165) is 52.4 Å². The van der Waals surface area contributed by atoms with Crippen LogP contribution in [-0.4, -0.2) is 16.2 Å². The van der Waals surface area contributed by atoms with E-state index in [1.807, 2.05) is 24.3 Å². The summed E-state index contributed by atoms with van der Waals surface area (Å²) in [4.78, 5) is 4.83. The van der Waals surface area contributed by atoms with Gasteiger partial charge in [-0.15, -0.1) is 0 Å². The lowest BCUT2D eigenvalue weighted by molar-refractivity contribution is 0.278. The maximum Gasteiger partial charge on any atom is 0.148 e. The number of fused-ring (bicyclic) bond motifs is 1. The van der Waals surface area contributed by atoms with E-state index in [-0.39, 0.29) is 0 Å². The van der Waals surface area contributed by atoms with E-state index in [9.17, 15) is 0 Å². The molecule has 0 saturated carbocycles. The summed E-state index contributed by atoms with van der Waals surface area (Å²) in [5.41, 5.74) is 5.62. The molecule has 0 unspecified atom stereocenters. The minimum absolute atomic E-state index is 0.442. The van der Waals surface area contributed by atoms with Gasteiger partial charge in [0.15, 0.2) is 0 Å². The van der Waals surface area contributed by atoms with Gasteiger partial charge in [-0.05, 0) is 68.1 Å². The van der Waals surface area contributed by atoms with Crippen LogP contribution in [0.4, 0.5) is 0 Å². The topological polar surface area (TPSA) is 36.3 Å². The van der Waals surface area contributed by atoms with Gasteiger partial charge >= 0.3 is 0 Å². The quantitative estimate of drug-likeness (QED) is 0.340. The van der Waals surface area contributed by atoms with E-state index in [4.69, 9.17) is 14.5 Å². The van der Waals surface area contributed by atoms with Gasteiger partial charge in [-0.2, -0.15) is 0 Å². The largest absolute Gasteiger partial charge is 0.493 e. The Hall–Kier alpha value is -3.27. The van der Waals surface area contributed by atoms with Crippen molar-refractivity contribution >= 4 is 11.0 Å². The molecule has 4 nitrogen and oxygen atoms in total. The second-order valence-corrected chi connectivity index (χ2v) is 7.69. The van der Waals surface area contributed by atoms with Gasteiger partial charge in [-0.3, -0.25) is 0 Å². The summed E-state index contributed by atoms with van der Waals surface area (Å²) in [7, 11) is 0. The number of ether oxygens (including phenoxy) is 2. The van der Waals surface area contributed by atoms with E-state index < -0.39 is 0 Å². The van der Waals surface area contributed by atoms with Crippen molar-refractivity contribution < 1.29 is 9.47 Å². The molecule has 154 valence electrons. The van der Waals surface area contributed by atoms with Gasteiger partial charge in [0.1, 0.15) is 23.9 Å². The van der Waals surface area contributed by atoms with Crippen LogP contribution in [0.2, 0.25) is 0 Å². The molecule has 0 amide bonds. The van der Waals surface area contributed by atoms with Crippen LogP contribution in [0.15, 0.2) is 66.7 Å². The lowest BCUT2D eigenvalue weighted by Crippen LogP contribution is -2.10. The van der Waals surface area contributed by atoms with E-state index in [0.29, 0.717) is 13.2 Å². The molecule has 0 spiro atoms. The highest BCUT2D eigenvalue weighted by Gasteiger charge is 2.12. The molecule has 0 aliphatic rings. The Kier molecular flexibility index (Phi) is 6.03. The van der Waals surface area contributed by atoms with Gasteiger partial charge in [0, 0.05) is 6.54 Å². The highest BCUT2D eigenvalue weighted by Crippen LogP contribution is 2.23. The third-order valence-corrected chi connectivity index (χ3v) is 5.31. The molecule has 30 heavy (non-hydrogen) atoms. The van der Waals surface area contributed by atoms with Gasteiger partial charge in [0.25, 0.3) is 0 Å². The summed E-state index contributed by atoms with van der Waals surface area (Å²) in [5, 5.41) is 0. The van der Waals surface area contributed by atoms with Crippen LogP contribution < -0.4 is 9.47 Å². The number of hydrogen-bond donors (Lipinski definition) is 0. The summed E-state index contributed by atoms with van der Waals surface area (Å²) in [6.45, 7) is 8.16. The second-order valence-electron chi connectivity index (χ2n) is 7.69. The first-order valence-corrected chi connectivity index (χ1v) is 10.4. The average Bonchev–Trinajstić information content (AvgIpc) is 3.10. The summed E-state index contributed by atoms with van der Waals surface area (Å²) >= 11 is 0. The van der Waals surface area contributed by atoms with Crippen LogP contribution in [0, 0.1) is 20.8 Å². The Morgan fingerprint density at radius 2 is 1.57 bits per heavy atom. The molecule has 0 N–H and O–H groups in total. The molecule has 0 radical (unpaired) electrons. The fourth-order valence-electron chi connectivity index (χ4n) is 3.61. The normalized spacial score (nSPS) is 11.0. The van der Waals surface area contributed by atoms with Crippen LogP contribution in [-0.2, 0) is 13.2 Å². The Labute approximate surface area is 178 Å². The molecule has 0 aliphatic carbocycles. The summed E-state index contributed by atoms with van der Waals surface area (Å²) in [5.74, 6) is 2.80. The monoisotopic (exact) mass is 400 g/mol. The Bertz CT molecular complexity index is 1150. The molecule has 1 heterocycles. The zero-order valence-corrected chi connectivity index (χ0v) is 17.9. The minimum atomic E-state index is 0.442. The summed E-state index contributed by atoms with van der Waals surface area (Å²) < 4.78 is 14.4. The number of aromatic nitrogens is 2. The summed E-state index contributed by atoms with van der Waals surface area (Å²) in [6, 6.07) is 22.7. The van der Waals surface area contributed by atoms with Gasteiger partial charge in [-0.1, -0.05) is 42.5 Å². The van der Waals surface area contributed by atoms with E-state index in [1.54, 1.807) is 0 Å². The fourth-order valence-corrected chi connectivity index (χ4v) is 3.61. The highest BCUT2D eigenvalue weighted by atomic mass is 16.5. The van der Waals surface area contributed by atoms with Crippen molar-refractivity contribution in [3.05, 3.63) is 89.2 Å². The molecular weight excluding hydrogens is 372 g/mol. The Morgan fingerprint density at radius 1 is 0.800 bits per heavy atom. The number of hydrogen-bond acceptors (Lipinski definition) is 3. The molecule has 3 aromatic carbocycles. The van der Waals surface area contributed by atoms with Crippen molar-refractivity contribution in [2.75, 3.05) is 6.61 Å². The number of nitrogens with zero attached hydrogens (tertiary/aromatic N) is 2. The first kappa shape index (κ1) is 20.0. The molecule has 0 atom stereocenters. The van der Waals surface area contributed by atoms with Gasteiger partial charge < -0.3 is 14.0 Å². The minimum Gasteiger partial charge on any atom is -0.493 e. The highest BCUT2D eigenvalue weighted by molar-refractivity contribution is 5.75. The fraction of sp³-hybridized carbons (Fsp3) is 0.269. The Morgan fingerprint density at radius 3 is 2.43 bits per heavy atom. The van der Waals surface area contributed by atoms with Crippen molar-refractivity contribution in [1.82, 2.24) is 9.55 Å². The maximum absolute atomic E-state index is 6.15. The predicted octanol–water partition coefficient (Wildman–Crippen LogP) is 6.01. The molecule has 0 aliphatic heterocycles. The zero-order valence-electron chi connectivity index (χ0n) is 17.9. The lowest BCUT2D eigenvalue weighted by Gasteiger charge is -2.13. The second kappa shape index (κ2) is 9.04. The van der Waals surface area contributed by atoms with Crippen molar-refractivity contribution in [3.8, 4) is 11.5 Å². The molecule has 0 bridgehead atoms. The standard InChI is InChI=1S/C26H28N2O2/c1-19-13-14-21(3)25(17-19)30-18-26-27-22-10-5-6-11-23(22)28(26)15-8-16-29-24-12-7-4-9-20(24)2/h4-7,9-14,17H,8,15-16,18H2,1-3H3. The van der Waals surface area contributed by atoms with Crippen LogP contribution in [0.3, 0.4) is 0 Å². The van der Waals surface area contributed by atoms with Crippen LogP contribution >= 0.6 is 0 Å². The molecule has 0 saturated heterocycles. The van der Waals surface area contributed by atoms with Crippen LogP contribution in [0.25, 0.3) is 11.0 Å². The van der Waals surface area contributed by atoms with E-state index >= 15 is 0 Å². The number of aryl methyl sites for hydroxylation is 4. The van der Waals surface area contributed by atoms with Gasteiger partial charge in [-0.25, -0.2) is 4.98 Å². The zero-order chi connectivity index (χ0) is 20.9. The molecule has 1 aromatic heterocycles. The van der Waals surface area contributed by atoms with Crippen molar-refractivity contribution in [1.29, 1.82) is 0 Å². The van der Waals surface area contributed by atoms with E-state index in [2.05, 4.69) is 67.8 Å². The van der Waals surface area contributed by atoms with Crippen LogP contribution in [0.1, 0.15) is 28.9 Å². The number of rotatable bonds is 8. The van der Waals surface area contributed by atoms with Gasteiger partial charge in [0.2, 0.25) is 0 Å². The molecule has 4 aromatic rings. The SMILES string of the molecule is Cc1ccc(C)c(OCc2nc3ccccc3n2CCCOc2ccccc2C)c1. The average molecular weight is 401 g/mol. The molecule has 4 rings (SSSR count). The van der Waals surface area contributed by atoms with Crippen LogP contribution in [0.5, 0.6) is 11.5 Å². The molecule has 0 fully saturated rings. The summed E-state index contributed by atoms with van der Waals surface area (Å²) in [6.07, 6.45) is 0.894. The Balaban J connectivity index is 1.47. The first-order chi connectivity index (χ1) is 14.6. The smallest absolute Gasteiger partial charge is 0.148 e. The van der Waals surface area contributed by atoms with Crippen molar-refractivity contribution in [3.63, 3.8) is 0 Å².